The normalized spacial score (nSPS) is 11.9. The molecule has 3 nitrogen and oxygen atoms in total. The molecule has 1 unspecified atom stereocenters. The number of rotatable bonds is 28. The van der Waals surface area contributed by atoms with Gasteiger partial charge >= 0.3 is 5.97 Å². The van der Waals surface area contributed by atoms with Gasteiger partial charge in [0.2, 0.25) is 0 Å². The zero-order valence-electron chi connectivity index (χ0n) is 31.5. The molecule has 0 spiro atoms. The van der Waals surface area contributed by atoms with Crippen molar-refractivity contribution in [2.24, 2.45) is 0 Å². The largest absolute Gasteiger partial charge is 0.423 e. The lowest BCUT2D eigenvalue weighted by Gasteiger charge is -2.14. The first-order valence-corrected chi connectivity index (χ1v) is 20.2. The van der Waals surface area contributed by atoms with Gasteiger partial charge in [0, 0.05) is 6.61 Å². The van der Waals surface area contributed by atoms with Gasteiger partial charge in [0.25, 0.3) is 0 Å². The first-order chi connectivity index (χ1) is 24.1. The molecule has 49 heavy (non-hydrogen) atoms. The van der Waals surface area contributed by atoms with Crippen molar-refractivity contribution >= 4 is 5.97 Å². The highest BCUT2D eigenvalue weighted by atomic mass is 16.5. The first-order valence-electron chi connectivity index (χ1n) is 20.2. The molecule has 0 amide bonds. The van der Waals surface area contributed by atoms with Crippen molar-refractivity contribution in [1.29, 1.82) is 0 Å². The fourth-order valence-electron chi connectivity index (χ4n) is 6.57. The summed E-state index contributed by atoms with van der Waals surface area (Å²) < 4.78 is 11.8. The zero-order chi connectivity index (χ0) is 34.8. The highest BCUT2D eigenvalue weighted by molar-refractivity contribution is 5.91. The van der Waals surface area contributed by atoms with Crippen molar-refractivity contribution in [3.8, 4) is 16.9 Å². The van der Waals surface area contributed by atoms with Gasteiger partial charge in [0.1, 0.15) is 5.75 Å². The van der Waals surface area contributed by atoms with Crippen LogP contribution in [0.5, 0.6) is 5.75 Å². The van der Waals surface area contributed by atoms with Crippen LogP contribution >= 0.6 is 0 Å². The van der Waals surface area contributed by atoms with Crippen LogP contribution in [-0.2, 0) is 11.2 Å². The van der Waals surface area contributed by atoms with Crippen LogP contribution in [0.3, 0.4) is 0 Å². The predicted molar refractivity (Wildman–Crippen MR) is 210 cm³/mol. The Balaban J connectivity index is 1.26. The molecule has 0 aliphatic carbocycles. The maximum atomic E-state index is 12.8. The first kappa shape index (κ1) is 40.5. The standard InChI is InChI=1S/C46H68O3/c1-4-6-8-10-12-13-14-15-16-17-18-20-22-24-38-48-39(3)41-30-32-44(33-31-41)46(47)49-45-36-34-43(35-37-45)42-28-26-40(27-29-42)25-23-21-19-11-9-7-5-2/h26-37,39H,4-25,38H2,1-3H3. The van der Waals surface area contributed by atoms with Gasteiger partial charge in [-0.25, -0.2) is 4.79 Å². The Morgan fingerprint density at radius 3 is 1.43 bits per heavy atom. The maximum absolute atomic E-state index is 12.8. The summed E-state index contributed by atoms with van der Waals surface area (Å²) in [6.07, 6.45) is 29.6. The Labute approximate surface area is 300 Å². The molecule has 3 heteroatoms. The van der Waals surface area contributed by atoms with Crippen LogP contribution in [0, 0.1) is 0 Å². The van der Waals surface area contributed by atoms with Crippen LogP contribution in [0.25, 0.3) is 11.1 Å². The molecule has 0 N–H and O–H groups in total. The molecule has 3 rings (SSSR count). The average molecular weight is 669 g/mol. The average Bonchev–Trinajstić information content (AvgIpc) is 3.13. The van der Waals surface area contributed by atoms with Crippen LogP contribution in [0.15, 0.2) is 72.8 Å². The van der Waals surface area contributed by atoms with E-state index in [2.05, 4.69) is 45.0 Å². The van der Waals surface area contributed by atoms with Crippen molar-refractivity contribution in [1.82, 2.24) is 0 Å². The lowest BCUT2D eigenvalue weighted by molar-refractivity contribution is 0.0626. The highest BCUT2D eigenvalue weighted by Gasteiger charge is 2.12. The summed E-state index contributed by atoms with van der Waals surface area (Å²) in [6, 6.07) is 24.3. The topological polar surface area (TPSA) is 35.5 Å². The summed E-state index contributed by atoms with van der Waals surface area (Å²) in [4.78, 5) is 12.8. The third kappa shape index (κ3) is 17.5. The summed E-state index contributed by atoms with van der Waals surface area (Å²) in [5.74, 6) is 0.211. The summed E-state index contributed by atoms with van der Waals surface area (Å²) in [5, 5.41) is 0. The molecule has 0 saturated heterocycles. The second-order valence-electron chi connectivity index (χ2n) is 14.2. The number of esters is 1. The second kappa shape index (κ2) is 26.0. The smallest absolute Gasteiger partial charge is 0.343 e. The van der Waals surface area contributed by atoms with Crippen molar-refractivity contribution in [2.75, 3.05) is 6.61 Å². The molecule has 270 valence electrons. The van der Waals surface area contributed by atoms with Crippen molar-refractivity contribution in [3.05, 3.63) is 89.5 Å². The van der Waals surface area contributed by atoms with Gasteiger partial charge in [-0.05, 0) is 72.7 Å². The lowest BCUT2D eigenvalue weighted by atomic mass is 10.0. The fourth-order valence-corrected chi connectivity index (χ4v) is 6.57. The molecular weight excluding hydrogens is 601 g/mol. The van der Waals surface area contributed by atoms with E-state index in [9.17, 15) is 4.79 Å². The SMILES string of the molecule is CCCCCCCCCCCCCCCCOC(C)c1ccc(C(=O)Oc2ccc(-c3ccc(CCCCCCCCC)cc3)cc2)cc1. The Morgan fingerprint density at radius 2 is 0.939 bits per heavy atom. The van der Waals surface area contributed by atoms with Gasteiger partial charge in [-0.3, -0.25) is 0 Å². The van der Waals surface area contributed by atoms with Gasteiger partial charge in [0.05, 0.1) is 11.7 Å². The zero-order valence-corrected chi connectivity index (χ0v) is 31.5. The van der Waals surface area contributed by atoms with Gasteiger partial charge in [-0.1, -0.05) is 184 Å². The van der Waals surface area contributed by atoms with E-state index in [-0.39, 0.29) is 12.1 Å². The number of unbranched alkanes of at least 4 members (excludes halogenated alkanes) is 19. The number of ether oxygens (including phenoxy) is 2. The van der Waals surface area contributed by atoms with Gasteiger partial charge in [0.15, 0.2) is 0 Å². The minimum absolute atomic E-state index is 0.00831. The fraction of sp³-hybridized carbons (Fsp3) is 0.587. The van der Waals surface area contributed by atoms with Gasteiger partial charge in [-0.15, -0.1) is 0 Å². The molecule has 0 aliphatic heterocycles. The number of aryl methyl sites for hydroxylation is 1. The van der Waals surface area contributed by atoms with E-state index < -0.39 is 0 Å². The molecule has 0 saturated carbocycles. The molecule has 0 bridgehead atoms. The number of benzene rings is 3. The molecule has 3 aromatic rings. The van der Waals surface area contributed by atoms with Crippen molar-refractivity contribution < 1.29 is 14.3 Å². The van der Waals surface area contributed by atoms with Crippen molar-refractivity contribution in [2.45, 2.75) is 168 Å². The lowest BCUT2D eigenvalue weighted by Crippen LogP contribution is -2.09. The Morgan fingerprint density at radius 1 is 0.510 bits per heavy atom. The monoisotopic (exact) mass is 669 g/mol. The number of carbonyl (C=O) groups excluding carboxylic acids is 1. The number of hydrogen-bond donors (Lipinski definition) is 0. The number of carbonyl (C=O) groups is 1. The third-order valence-electron chi connectivity index (χ3n) is 9.90. The Bertz CT molecular complexity index is 1230. The molecule has 0 aliphatic rings. The van der Waals surface area contributed by atoms with Crippen LogP contribution < -0.4 is 4.74 Å². The molecule has 0 aromatic heterocycles. The van der Waals surface area contributed by atoms with E-state index in [1.807, 2.05) is 48.5 Å². The third-order valence-corrected chi connectivity index (χ3v) is 9.90. The van der Waals surface area contributed by atoms with Crippen molar-refractivity contribution in [3.63, 3.8) is 0 Å². The maximum Gasteiger partial charge on any atom is 0.343 e. The molecule has 1 atom stereocenters. The quantitative estimate of drug-likeness (QED) is 0.0439. The van der Waals surface area contributed by atoms with Crippen LogP contribution in [-0.4, -0.2) is 12.6 Å². The van der Waals surface area contributed by atoms with E-state index in [4.69, 9.17) is 9.47 Å². The molecule has 0 radical (unpaired) electrons. The van der Waals surface area contributed by atoms with Crippen LogP contribution in [0.1, 0.15) is 183 Å². The summed E-state index contributed by atoms with van der Waals surface area (Å²) in [5.41, 5.74) is 5.33. The molecule has 0 fully saturated rings. The van der Waals surface area contributed by atoms with Gasteiger partial charge < -0.3 is 9.47 Å². The minimum atomic E-state index is -0.343. The van der Waals surface area contributed by atoms with E-state index >= 15 is 0 Å². The summed E-state index contributed by atoms with van der Waals surface area (Å²) in [7, 11) is 0. The minimum Gasteiger partial charge on any atom is -0.423 e. The number of hydrogen-bond acceptors (Lipinski definition) is 3. The molecular formula is C46H68O3. The van der Waals surface area contributed by atoms with Gasteiger partial charge in [-0.2, -0.15) is 0 Å². The van der Waals surface area contributed by atoms with Crippen LogP contribution in [0.2, 0.25) is 0 Å². The Hall–Kier alpha value is -2.91. The van der Waals surface area contributed by atoms with E-state index in [1.54, 1.807) is 0 Å². The van der Waals surface area contributed by atoms with Crippen LogP contribution in [0.4, 0.5) is 0 Å². The van der Waals surface area contributed by atoms with E-state index in [0.717, 1.165) is 30.6 Å². The molecule has 0 heterocycles. The summed E-state index contributed by atoms with van der Waals surface area (Å²) in [6.45, 7) is 7.42. The second-order valence-corrected chi connectivity index (χ2v) is 14.2. The Kier molecular flexibility index (Phi) is 21.5. The summed E-state index contributed by atoms with van der Waals surface area (Å²) >= 11 is 0. The van der Waals surface area contributed by atoms with E-state index in [1.165, 1.54) is 140 Å². The predicted octanol–water partition coefficient (Wildman–Crippen LogP) is 14.4. The molecule has 3 aromatic carbocycles. The van der Waals surface area contributed by atoms with E-state index in [0.29, 0.717) is 11.3 Å². The highest BCUT2D eigenvalue weighted by Crippen LogP contribution is 2.25.